The fourth-order valence-electron chi connectivity index (χ4n) is 4.11. The Morgan fingerprint density at radius 1 is 0.900 bits per heavy atom. The number of sulfone groups is 1. The van der Waals surface area contributed by atoms with Crippen LogP contribution in [0.2, 0.25) is 0 Å². The van der Waals surface area contributed by atoms with E-state index in [0.29, 0.717) is 0 Å². The quantitative estimate of drug-likeness (QED) is 0.0603. The van der Waals surface area contributed by atoms with Crippen LogP contribution in [0.25, 0.3) is 10.8 Å². The molecule has 270 valence electrons. The maximum absolute atomic E-state index is 14.4. The van der Waals surface area contributed by atoms with Crippen molar-refractivity contribution < 1.29 is 61.0 Å². The number of rotatable bonds is 14. The zero-order chi connectivity index (χ0) is 37.2. The number of nitrogens with zero attached hydrogens (tertiary/aromatic N) is 6. The number of phenolic OH excluding ortho intramolecular Hbond substituents is 1. The van der Waals surface area contributed by atoms with Gasteiger partial charge in [0.2, 0.25) is 11.9 Å². The molecule has 1 heterocycles. The number of anilines is 4. The van der Waals surface area contributed by atoms with Gasteiger partial charge in [-0.25, -0.2) is 12.6 Å². The Balaban J connectivity index is 1.63. The van der Waals surface area contributed by atoms with E-state index in [1.807, 2.05) is 0 Å². The minimum Gasteiger partial charge on any atom is -0.507 e. The van der Waals surface area contributed by atoms with E-state index < -0.39 is 91.8 Å². The molecule has 0 aliphatic rings. The van der Waals surface area contributed by atoms with Crippen molar-refractivity contribution in [2.75, 3.05) is 47.7 Å². The van der Waals surface area contributed by atoms with Gasteiger partial charge in [0.15, 0.2) is 9.84 Å². The van der Waals surface area contributed by atoms with Crippen molar-refractivity contribution in [2.45, 2.75) is 9.79 Å². The average Bonchev–Trinajstić information content (AvgIpc) is 2.97. The number of phenols is 1. The lowest BCUT2D eigenvalue weighted by Gasteiger charge is -2.17. The normalized spacial score (nSPS) is 12.8. The van der Waals surface area contributed by atoms with Crippen LogP contribution in [0.3, 0.4) is 0 Å². The Morgan fingerprint density at radius 2 is 1.60 bits per heavy atom. The predicted octanol–water partition coefficient (Wildman–Crippen LogP) is 1.77. The number of hydrogen-bond acceptors (Lipinski definition) is 18. The molecule has 0 unspecified atom stereocenters. The molecule has 3 aromatic carbocycles. The minimum absolute atomic E-state index is 0.0431. The second kappa shape index (κ2) is 14.3. The van der Waals surface area contributed by atoms with Crippen LogP contribution in [0, 0.1) is 6.08 Å². The van der Waals surface area contributed by atoms with Crippen LogP contribution in [-0.2, 0) is 44.7 Å². The highest BCUT2D eigenvalue weighted by atomic mass is 32.3. The summed E-state index contributed by atoms with van der Waals surface area (Å²) in [5.41, 5.74) is 5.08. The zero-order valence-corrected chi connectivity index (χ0v) is 28.4. The summed E-state index contributed by atoms with van der Waals surface area (Å²) < 4.78 is 139. The van der Waals surface area contributed by atoms with E-state index in [-0.39, 0.29) is 40.3 Å². The number of azo groups is 1. The first-order valence-electron chi connectivity index (χ1n) is 13.3. The smallest absolute Gasteiger partial charge is 0.397 e. The molecule has 4 aromatic rings. The van der Waals surface area contributed by atoms with Crippen molar-refractivity contribution in [3.8, 4) is 5.75 Å². The maximum Gasteiger partial charge on any atom is 0.397 e. The van der Waals surface area contributed by atoms with Crippen LogP contribution in [0.5, 0.6) is 5.75 Å². The standard InChI is InChI=1S/C24H25FN8O13S4/c1-33(6-8-47(35,36)9-7-46-50(43,44)45)24-29-22(25)28-23(30-24)27-14-3-5-19(49(40,41)42)17(11-14)31-32-21-16(26)4-2-13-10-15(48(37,38)39)12-18(34)20(13)21/h2-5,10-12,34H,6-9,26H2,1H3,(H,37,38,39)(H,40,41,42)(H,43,44,45)(H,27,28,29,30). The molecular weight excluding hydrogens is 756 g/mol. The highest BCUT2D eigenvalue weighted by Crippen LogP contribution is 2.41. The van der Waals surface area contributed by atoms with E-state index in [1.54, 1.807) is 0 Å². The number of aromatic nitrogens is 3. The third-order valence-electron chi connectivity index (χ3n) is 6.42. The van der Waals surface area contributed by atoms with E-state index in [9.17, 15) is 52.3 Å². The Labute approximate surface area is 283 Å². The summed E-state index contributed by atoms with van der Waals surface area (Å²) in [7, 11) is -17.1. The van der Waals surface area contributed by atoms with Crippen molar-refractivity contribution >= 4 is 85.9 Å². The average molecular weight is 781 g/mol. The topological polar surface area (TPSA) is 331 Å². The molecule has 1 aromatic heterocycles. The number of fused-ring (bicyclic) bond motifs is 1. The van der Waals surface area contributed by atoms with Gasteiger partial charge < -0.3 is 21.1 Å². The van der Waals surface area contributed by atoms with Gasteiger partial charge in [-0.05, 0) is 35.7 Å². The summed E-state index contributed by atoms with van der Waals surface area (Å²) in [6.45, 7) is -1.15. The van der Waals surface area contributed by atoms with Gasteiger partial charge >= 0.3 is 16.5 Å². The molecule has 0 aliphatic carbocycles. The number of nitrogens with one attached hydrogen (secondary N) is 1. The molecule has 7 N–H and O–H groups in total. The van der Waals surface area contributed by atoms with Crippen molar-refractivity contribution in [3.63, 3.8) is 0 Å². The van der Waals surface area contributed by atoms with Gasteiger partial charge in [0.1, 0.15) is 22.0 Å². The van der Waals surface area contributed by atoms with Crippen LogP contribution in [0.4, 0.5) is 39.0 Å². The van der Waals surface area contributed by atoms with E-state index >= 15 is 0 Å². The fraction of sp³-hybridized carbons (Fsp3) is 0.208. The van der Waals surface area contributed by atoms with Crippen molar-refractivity contribution in [1.29, 1.82) is 0 Å². The van der Waals surface area contributed by atoms with Gasteiger partial charge in [-0.15, -0.1) is 10.2 Å². The van der Waals surface area contributed by atoms with Gasteiger partial charge in [-0.2, -0.15) is 44.6 Å². The second-order valence-electron chi connectivity index (χ2n) is 10.1. The van der Waals surface area contributed by atoms with Crippen LogP contribution >= 0.6 is 0 Å². The van der Waals surface area contributed by atoms with E-state index in [4.69, 9.17) is 10.3 Å². The summed E-state index contributed by atoms with van der Waals surface area (Å²) in [5.74, 6) is -2.84. The molecule has 50 heavy (non-hydrogen) atoms. The summed E-state index contributed by atoms with van der Waals surface area (Å²) in [6.07, 6.45) is -1.31. The lowest BCUT2D eigenvalue weighted by atomic mass is 10.1. The largest absolute Gasteiger partial charge is 0.507 e. The first-order valence-corrected chi connectivity index (χ1v) is 19.4. The van der Waals surface area contributed by atoms with Gasteiger partial charge in [0.25, 0.3) is 20.2 Å². The zero-order valence-electron chi connectivity index (χ0n) is 25.1. The Kier molecular flexibility index (Phi) is 10.9. The number of aromatic hydroxyl groups is 1. The number of benzene rings is 3. The molecule has 0 aliphatic heterocycles. The van der Waals surface area contributed by atoms with Gasteiger partial charge in [-0.3, -0.25) is 13.7 Å². The van der Waals surface area contributed by atoms with Gasteiger partial charge in [0, 0.05) is 25.3 Å². The fourth-order valence-corrected chi connectivity index (χ4v) is 6.74. The molecule has 4 rings (SSSR count). The monoisotopic (exact) mass is 780 g/mol. The summed E-state index contributed by atoms with van der Waals surface area (Å²) in [5, 5.41) is 20.8. The Bertz CT molecular complexity index is 2450. The maximum atomic E-state index is 14.4. The molecule has 0 spiro atoms. The van der Waals surface area contributed by atoms with Crippen LogP contribution in [0.1, 0.15) is 0 Å². The summed E-state index contributed by atoms with van der Waals surface area (Å²) >= 11 is 0. The number of nitrogen functional groups attached to an aromatic ring is 1. The van der Waals surface area contributed by atoms with Gasteiger partial charge in [-0.1, -0.05) is 6.07 Å². The van der Waals surface area contributed by atoms with E-state index in [1.165, 1.54) is 19.2 Å². The first kappa shape index (κ1) is 38.1. The van der Waals surface area contributed by atoms with Crippen LogP contribution < -0.4 is 16.0 Å². The van der Waals surface area contributed by atoms with Gasteiger partial charge in [0.05, 0.1) is 34.1 Å². The highest BCUT2D eigenvalue weighted by molar-refractivity contribution is 7.91. The third kappa shape index (κ3) is 9.94. The van der Waals surface area contributed by atoms with Crippen LogP contribution in [-0.4, -0.2) is 99.1 Å². The second-order valence-corrected chi connectivity index (χ2v) is 16.3. The van der Waals surface area contributed by atoms with E-state index in [2.05, 4.69) is 34.7 Å². The third-order valence-corrected chi connectivity index (χ3v) is 10.2. The molecule has 0 fully saturated rings. The van der Waals surface area contributed by atoms with Crippen molar-refractivity contribution in [3.05, 3.63) is 48.5 Å². The summed E-state index contributed by atoms with van der Waals surface area (Å²) in [6, 6.07) is 7.36. The SMILES string of the molecule is CN(CCS(=O)(=O)CCOS(=O)(=O)O)c1nc(F)nc(Nc2ccc(S(=O)(=O)O)c(N=Nc3c(N)ccc4cc(S(=O)(=O)O)cc(O)c34)c2)n1. The molecule has 0 saturated heterocycles. The van der Waals surface area contributed by atoms with Crippen molar-refractivity contribution in [1.82, 2.24) is 15.0 Å². The molecular formula is C24H25FN8O13S4. The number of halogens is 1. The predicted molar refractivity (Wildman–Crippen MR) is 173 cm³/mol. The number of nitrogens with two attached hydrogens (primary N) is 1. The lowest BCUT2D eigenvalue weighted by molar-refractivity contribution is 0.284. The molecule has 0 radical (unpaired) electrons. The summed E-state index contributed by atoms with van der Waals surface area (Å²) in [4.78, 5) is 10.7. The highest BCUT2D eigenvalue weighted by Gasteiger charge is 2.21. The Morgan fingerprint density at radius 3 is 2.24 bits per heavy atom. The molecule has 26 heteroatoms. The minimum atomic E-state index is -4.93. The Hall–Kier alpha value is -4.70. The molecule has 0 saturated carbocycles. The van der Waals surface area contributed by atoms with Crippen LogP contribution in [0.15, 0.2) is 62.5 Å². The van der Waals surface area contributed by atoms with E-state index in [0.717, 1.165) is 35.2 Å². The number of hydrogen-bond donors (Lipinski definition) is 6. The van der Waals surface area contributed by atoms with Crippen molar-refractivity contribution in [2.24, 2.45) is 10.2 Å². The lowest BCUT2D eigenvalue weighted by Crippen LogP contribution is -2.29. The molecule has 0 amide bonds. The molecule has 0 bridgehead atoms. The first-order chi connectivity index (χ1) is 23.0. The molecule has 21 nitrogen and oxygen atoms in total. The molecule has 0 atom stereocenters.